The van der Waals surface area contributed by atoms with Crippen LogP contribution in [0.4, 0.5) is 13.2 Å². The number of carbonyl (C=O) groups is 1. The van der Waals surface area contributed by atoms with Crippen LogP contribution in [-0.4, -0.2) is 30.8 Å². The van der Waals surface area contributed by atoms with Gasteiger partial charge in [-0.3, -0.25) is 14.0 Å². The van der Waals surface area contributed by atoms with E-state index in [1.165, 1.54) is 33.2 Å². The van der Waals surface area contributed by atoms with Gasteiger partial charge in [0.1, 0.15) is 17.2 Å². The second kappa shape index (κ2) is 9.12. The van der Waals surface area contributed by atoms with Crippen LogP contribution in [0.25, 0.3) is 0 Å². The maximum Gasteiger partial charge on any atom is 0.416 e. The van der Waals surface area contributed by atoms with E-state index in [1.807, 2.05) is 0 Å². The molecule has 2 atom stereocenters. The Bertz CT molecular complexity index is 825. The molecule has 6 nitrogen and oxygen atoms in total. The Labute approximate surface area is 160 Å². The minimum absolute atomic E-state index is 0.247. The van der Waals surface area contributed by atoms with Gasteiger partial charge in [-0.2, -0.15) is 13.2 Å². The van der Waals surface area contributed by atoms with Crippen LogP contribution in [0, 0.1) is 0 Å². The van der Waals surface area contributed by atoms with E-state index in [2.05, 4.69) is 4.52 Å². The average Bonchev–Trinajstić information content (AvgIpc) is 2.67. The molecule has 0 saturated heterocycles. The minimum Gasteiger partial charge on any atom is -0.481 e. The molecule has 0 radical (unpaired) electrons. The number of nitrogens with zero attached hydrogens (tertiary/aromatic N) is 1. The summed E-state index contributed by atoms with van der Waals surface area (Å²) in [6.45, 7) is 1.51. The second-order valence-electron chi connectivity index (χ2n) is 5.72. The van der Waals surface area contributed by atoms with Crippen molar-refractivity contribution >= 4 is 14.1 Å². The fourth-order valence-electron chi connectivity index (χ4n) is 2.19. The highest BCUT2D eigenvalue weighted by Crippen LogP contribution is 2.32. The maximum absolute atomic E-state index is 12.6. The van der Waals surface area contributed by atoms with Crippen molar-refractivity contribution in [3.63, 3.8) is 0 Å². The van der Waals surface area contributed by atoms with Gasteiger partial charge in [-0.1, -0.05) is 0 Å². The van der Waals surface area contributed by atoms with Crippen molar-refractivity contribution in [2.75, 3.05) is 14.2 Å². The van der Waals surface area contributed by atoms with E-state index in [4.69, 9.17) is 9.47 Å². The van der Waals surface area contributed by atoms with Crippen LogP contribution < -0.4 is 9.47 Å². The van der Waals surface area contributed by atoms with Crippen LogP contribution in [-0.2, 0) is 20.1 Å². The first-order valence-corrected chi connectivity index (χ1v) is 9.35. The van der Waals surface area contributed by atoms with Gasteiger partial charge in [0.25, 0.3) is 14.1 Å². The summed E-state index contributed by atoms with van der Waals surface area (Å²) in [4.78, 5) is 12.1. The maximum atomic E-state index is 12.6. The first kappa shape index (κ1) is 21.8. The van der Waals surface area contributed by atoms with Crippen molar-refractivity contribution in [3.05, 3.63) is 54.1 Å². The number of amides is 1. The van der Waals surface area contributed by atoms with Gasteiger partial charge in [-0.15, -0.1) is 0 Å². The fraction of sp³-hybridized carbons (Fsp3) is 0.278. The summed E-state index contributed by atoms with van der Waals surface area (Å²) in [6, 6.07) is 10.5. The molecule has 0 aromatic heterocycles. The molecule has 0 bridgehead atoms. The molecule has 152 valence electrons. The highest BCUT2D eigenvalue weighted by molar-refractivity contribution is 7.37. The Balaban J connectivity index is 1.98. The predicted octanol–water partition coefficient (Wildman–Crippen LogP) is 4.76. The van der Waals surface area contributed by atoms with Gasteiger partial charge in [0.05, 0.1) is 5.56 Å². The normalized spacial score (nSPS) is 13.5. The third-order valence-corrected chi connectivity index (χ3v) is 4.80. The Morgan fingerprint density at radius 1 is 1.00 bits per heavy atom. The SMILES string of the molecule is CO[PH](=O)N(C)C(=O)C(C)Oc1ccc(Oc2ccc(C(F)(F)F)cc2)cc1. The van der Waals surface area contributed by atoms with Crippen LogP contribution in [0.5, 0.6) is 17.2 Å². The Morgan fingerprint density at radius 2 is 1.46 bits per heavy atom. The number of rotatable bonds is 7. The van der Waals surface area contributed by atoms with Crippen LogP contribution >= 0.6 is 8.18 Å². The van der Waals surface area contributed by atoms with E-state index in [0.29, 0.717) is 11.5 Å². The van der Waals surface area contributed by atoms with Gasteiger partial charge in [-0.05, 0) is 55.5 Å². The molecule has 0 N–H and O–H groups in total. The number of carbonyl (C=O) groups excluding carboxylic acids is 1. The largest absolute Gasteiger partial charge is 0.481 e. The van der Waals surface area contributed by atoms with Gasteiger partial charge < -0.3 is 14.0 Å². The highest BCUT2D eigenvalue weighted by Gasteiger charge is 2.30. The van der Waals surface area contributed by atoms with Gasteiger partial charge in [0.2, 0.25) is 0 Å². The van der Waals surface area contributed by atoms with E-state index in [1.54, 1.807) is 24.3 Å². The van der Waals surface area contributed by atoms with E-state index in [0.717, 1.165) is 16.8 Å². The zero-order chi connectivity index (χ0) is 20.9. The topological polar surface area (TPSA) is 65.1 Å². The number of ether oxygens (including phenoxy) is 2. The third kappa shape index (κ3) is 5.74. The molecule has 10 heteroatoms. The standard InChI is InChI=1S/C18H19F3NO5P/c1-12(17(23)22(2)28(24)25-3)26-14-8-10-16(11-9-14)27-15-6-4-13(5-7-15)18(19,20)21/h4-12,28H,1-3H3. The summed E-state index contributed by atoms with van der Waals surface area (Å²) >= 11 is 0. The number of likely N-dealkylation sites (N-methyl/N-ethyl adjacent to an activating group) is 1. The number of hydrogen-bond acceptors (Lipinski definition) is 5. The Morgan fingerprint density at radius 3 is 1.93 bits per heavy atom. The highest BCUT2D eigenvalue weighted by atomic mass is 31.1. The molecule has 0 fully saturated rings. The summed E-state index contributed by atoms with van der Waals surface area (Å²) in [7, 11) is -0.0342. The Kier molecular flexibility index (Phi) is 7.10. The predicted molar refractivity (Wildman–Crippen MR) is 96.8 cm³/mol. The van der Waals surface area contributed by atoms with Crippen molar-refractivity contribution in [2.45, 2.75) is 19.2 Å². The van der Waals surface area contributed by atoms with E-state index >= 15 is 0 Å². The molecular formula is C18H19F3NO5P. The molecule has 2 unspecified atom stereocenters. The van der Waals surface area contributed by atoms with Gasteiger partial charge >= 0.3 is 6.18 Å². The first-order valence-electron chi connectivity index (χ1n) is 8.09. The molecule has 0 saturated carbocycles. The van der Waals surface area contributed by atoms with Crippen LogP contribution in [0.15, 0.2) is 48.5 Å². The number of halogens is 3. The van der Waals surface area contributed by atoms with Crippen LogP contribution in [0.1, 0.15) is 12.5 Å². The van der Waals surface area contributed by atoms with Crippen molar-refractivity contribution in [3.8, 4) is 17.2 Å². The van der Waals surface area contributed by atoms with Gasteiger partial charge in [0, 0.05) is 14.2 Å². The third-order valence-electron chi connectivity index (χ3n) is 3.68. The van der Waals surface area contributed by atoms with Crippen LogP contribution in [0.3, 0.4) is 0 Å². The zero-order valence-corrected chi connectivity index (χ0v) is 16.3. The lowest BCUT2D eigenvalue weighted by molar-refractivity contribution is -0.137. The summed E-state index contributed by atoms with van der Waals surface area (Å²) < 4.78 is 65.8. The summed E-state index contributed by atoms with van der Waals surface area (Å²) in [5.74, 6) is 0.492. The fourth-order valence-corrected chi connectivity index (χ4v) is 2.82. The molecule has 0 aliphatic rings. The first-order chi connectivity index (χ1) is 13.1. The molecule has 0 aliphatic heterocycles. The van der Waals surface area contributed by atoms with Crippen LogP contribution in [0.2, 0.25) is 0 Å². The summed E-state index contributed by atoms with van der Waals surface area (Å²) in [5.41, 5.74) is -0.761. The number of benzene rings is 2. The molecule has 28 heavy (non-hydrogen) atoms. The zero-order valence-electron chi connectivity index (χ0n) is 15.3. The van der Waals surface area contributed by atoms with Gasteiger partial charge in [0.15, 0.2) is 6.10 Å². The Hall–Kier alpha value is -2.51. The molecule has 0 aliphatic carbocycles. The number of hydrogen-bond donors (Lipinski definition) is 0. The van der Waals surface area contributed by atoms with E-state index in [9.17, 15) is 22.5 Å². The van der Waals surface area contributed by atoms with Gasteiger partial charge in [-0.25, -0.2) is 0 Å². The molecule has 1 amide bonds. The monoisotopic (exact) mass is 417 g/mol. The van der Waals surface area contributed by atoms with Crippen molar-refractivity contribution in [1.82, 2.24) is 4.67 Å². The molecule has 0 heterocycles. The van der Waals surface area contributed by atoms with Crippen molar-refractivity contribution in [2.24, 2.45) is 0 Å². The molecule has 2 aromatic rings. The molecular weight excluding hydrogens is 398 g/mol. The quantitative estimate of drug-likeness (QED) is 0.608. The lowest BCUT2D eigenvalue weighted by Crippen LogP contribution is -2.34. The number of alkyl halides is 3. The summed E-state index contributed by atoms with van der Waals surface area (Å²) in [6.07, 6.45) is -5.30. The average molecular weight is 417 g/mol. The van der Waals surface area contributed by atoms with Crippen molar-refractivity contribution < 1.29 is 36.5 Å². The van der Waals surface area contributed by atoms with E-state index < -0.39 is 31.9 Å². The van der Waals surface area contributed by atoms with Crippen molar-refractivity contribution in [1.29, 1.82) is 0 Å². The molecule has 2 aromatic carbocycles. The lowest BCUT2D eigenvalue weighted by atomic mass is 10.2. The second-order valence-corrected chi connectivity index (χ2v) is 7.33. The minimum atomic E-state index is -4.41. The molecule has 2 rings (SSSR count). The lowest BCUT2D eigenvalue weighted by Gasteiger charge is -2.20. The molecule has 0 spiro atoms. The summed E-state index contributed by atoms with van der Waals surface area (Å²) in [5, 5.41) is 0. The van der Waals surface area contributed by atoms with E-state index in [-0.39, 0.29) is 5.75 Å². The smallest absolute Gasteiger partial charge is 0.416 e.